The maximum absolute atomic E-state index is 11.6. The number of amides is 3. The lowest BCUT2D eigenvalue weighted by Gasteiger charge is -2.11. The van der Waals surface area contributed by atoms with Crippen LogP contribution in [-0.2, 0) is 4.79 Å². The molecular weight excluding hydrogens is 242 g/mol. The second kappa shape index (κ2) is 5.17. The van der Waals surface area contributed by atoms with Crippen molar-refractivity contribution in [1.29, 1.82) is 0 Å². The molecule has 5 N–H and O–H groups in total. The third kappa shape index (κ3) is 2.75. The van der Waals surface area contributed by atoms with E-state index in [2.05, 4.69) is 10.4 Å². The van der Waals surface area contributed by atoms with Crippen LogP contribution in [0.1, 0.15) is 23.5 Å². The molecule has 1 rings (SSSR count). The Labute approximate surface area is 102 Å². The van der Waals surface area contributed by atoms with Gasteiger partial charge in [0.1, 0.15) is 6.04 Å². The topological polar surface area (TPSA) is 139 Å². The molecule has 18 heavy (non-hydrogen) atoms. The van der Waals surface area contributed by atoms with Gasteiger partial charge < -0.3 is 16.2 Å². The van der Waals surface area contributed by atoms with Gasteiger partial charge in [-0.1, -0.05) is 0 Å². The molecule has 1 atom stereocenters. The Morgan fingerprint density at radius 3 is 2.56 bits per heavy atom. The largest absolute Gasteiger partial charge is 0.476 e. The molecule has 1 aromatic rings. The molecule has 0 aliphatic carbocycles. The molecule has 0 saturated heterocycles. The first-order valence-electron chi connectivity index (χ1n) is 4.97. The second-order valence-corrected chi connectivity index (χ2v) is 3.46. The van der Waals surface area contributed by atoms with Crippen molar-refractivity contribution in [3.8, 4) is 0 Å². The second-order valence-electron chi connectivity index (χ2n) is 3.46. The van der Waals surface area contributed by atoms with Gasteiger partial charge in [0.15, 0.2) is 5.69 Å². The Balaban J connectivity index is 2.87. The van der Waals surface area contributed by atoms with Crippen LogP contribution >= 0.6 is 0 Å². The summed E-state index contributed by atoms with van der Waals surface area (Å²) in [6, 6.07) is -1.52. The molecule has 0 aromatic carbocycles. The highest BCUT2D eigenvalue weighted by molar-refractivity contribution is 5.96. The molecule has 0 saturated carbocycles. The summed E-state index contributed by atoms with van der Waals surface area (Å²) in [4.78, 5) is 33.3. The van der Waals surface area contributed by atoms with Crippen molar-refractivity contribution in [2.75, 3.05) is 12.8 Å². The van der Waals surface area contributed by atoms with Crippen molar-refractivity contribution in [3.63, 3.8) is 0 Å². The molecule has 0 fully saturated rings. The number of rotatable bonds is 3. The molecule has 0 spiro atoms. The highest BCUT2D eigenvalue weighted by Crippen LogP contribution is 2.13. The molecule has 1 heterocycles. The molecule has 0 aliphatic heterocycles. The molecular formula is C9H13N5O4. The number of carboxylic acids is 1. The van der Waals surface area contributed by atoms with E-state index in [0.29, 0.717) is 0 Å². The predicted molar refractivity (Wildman–Crippen MR) is 60.9 cm³/mol. The Bertz CT molecular complexity index is 495. The van der Waals surface area contributed by atoms with Gasteiger partial charge in [-0.3, -0.25) is 14.8 Å². The first-order chi connectivity index (χ1) is 8.36. The van der Waals surface area contributed by atoms with E-state index in [4.69, 9.17) is 10.8 Å². The lowest BCUT2D eigenvalue weighted by atomic mass is 10.3. The third-order valence-corrected chi connectivity index (χ3v) is 2.20. The summed E-state index contributed by atoms with van der Waals surface area (Å²) in [6.45, 7) is 1.45. The Morgan fingerprint density at radius 1 is 1.50 bits per heavy atom. The number of nitrogens with two attached hydrogens (primary N) is 1. The molecule has 1 unspecified atom stereocenters. The number of nitrogen functional groups attached to an aromatic ring is 1. The number of carboxylic acid groups (broad SMARTS) is 1. The highest BCUT2D eigenvalue weighted by Gasteiger charge is 2.21. The van der Waals surface area contributed by atoms with Gasteiger partial charge in [0.25, 0.3) is 5.91 Å². The van der Waals surface area contributed by atoms with E-state index < -0.39 is 23.9 Å². The Kier molecular flexibility index (Phi) is 3.87. The van der Waals surface area contributed by atoms with Gasteiger partial charge in [0, 0.05) is 13.2 Å². The molecule has 0 radical (unpaired) electrons. The molecule has 1 aromatic heterocycles. The van der Waals surface area contributed by atoms with E-state index in [0.717, 1.165) is 4.68 Å². The summed E-state index contributed by atoms with van der Waals surface area (Å²) >= 11 is 0. The minimum Gasteiger partial charge on any atom is -0.476 e. The average Bonchev–Trinajstić information content (AvgIpc) is 2.70. The number of aromatic nitrogens is 2. The standard InChI is InChI=1S/C9H13N5O4/c1-4(7(15)12-9(18)11-2)14-3-5(10)6(13-14)8(16)17/h3-4H,10H2,1-2H3,(H,16,17)(H2,11,12,15,18). The molecule has 9 heteroatoms. The third-order valence-electron chi connectivity index (χ3n) is 2.20. The van der Waals surface area contributed by atoms with Crippen LogP contribution in [0.4, 0.5) is 10.5 Å². The van der Waals surface area contributed by atoms with Crippen LogP contribution in [0, 0.1) is 0 Å². The number of aromatic carboxylic acids is 1. The number of carbonyl (C=O) groups excluding carboxylic acids is 2. The summed E-state index contributed by atoms with van der Waals surface area (Å²) in [7, 11) is 1.36. The fourth-order valence-corrected chi connectivity index (χ4v) is 1.17. The van der Waals surface area contributed by atoms with Crippen molar-refractivity contribution in [2.45, 2.75) is 13.0 Å². The minimum absolute atomic E-state index is 0.0536. The summed E-state index contributed by atoms with van der Waals surface area (Å²) in [5.74, 6) is -1.92. The first-order valence-corrected chi connectivity index (χ1v) is 4.97. The van der Waals surface area contributed by atoms with E-state index in [1.54, 1.807) is 0 Å². The molecule has 0 aliphatic rings. The average molecular weight is 255 g/mol. The van der Waals surface area contributed by atoms with Crippen LogP contribution < -0.4 is 16.4 Å². The SMILES string of the molecule is CNC(=O)NC(=O)C(C)n1cc(N)c(C(=O)O)n1. The van der Waals surface area contributed by atoms with Crippen molar-refractivity contribution in [1.82, 2.24) is 20.4 Å². The highest BCUT2D eigenvalue weighted by atomic mass is 16.4. The Hall–Kier alpha value is -2.58. The van der Waals surface area contributed by atoms with E-state index in [1.807, 2.05) is 5.32 Å². The maximum Gasteiger partial charge on any atom is 0.358 e. The maximum atomic E-state index is 11.6. The van der Waals surface area contributed by atoms with Crippen LogP contribution in [0.3, 0.4) is 0 Å². The smallest absolute Gasteiger partial charge is 0.358 e. The minimum atomic E-state index is -1.29. The van der Waals surface area contributed by atoms with Gasteiger partial charge >= 0.3 is 12.0 Å². The number of anilines is 1. The van der Waals surface area contributed by atoms with Crippen LogP contribution in [0.25, 0.3) is 0 Å². The molecule has 98 valence electrons. The van der Waals surface area contributed by atoms with Gasteiger partial charge in [-0.05, 0) is 6.92 Å². The van der Waals surface area contributed by atoms with Gasteiger partial charge in [-0.15, -0.1) is 0 Å². The fraction of sp³-hybridized carbons (Fsp3) is 0.333. The van der Waals surface area contributed by atoms with Crippen LogP contribution in [0.15, 0.2) is 6.20 Å². The van der Waals surface area contributed by atoms with E-state index in [1.165, 1.54) is 20.2 Å². The van der Waals surface area contributed by atoms with Crippen molar-refractivity contribution < 1.29 is 19.5 Å². The molecule has 0 bridgehead atoms. The quantitative estimate of drug-likeness (QED) is 0.556. The van der Waals surface area contributed by atoms with Crippen molar-refractivity contribution >= 4 is 23.6 Å². The molecule has 9 nitrogen and oxygen atoms in total. The van der Waals surface area contributed by atoms with Gasteiger partial charge in [-0.2, -0.15) is 5.10 Å². The number of hydrogen-bond acceptors (Lipinski definition) is 5. The van der Waals surface area contributed by atoms with Crippen molar-refractivity contribution in [3.05, 3.63) is 11.9 Å². The number of nitrogens with zero attached hydrogens (tertiary/aromatic N) is 2. The van der Waals surface area contributed by atoms with Crippen LogP contribution in [0.5, 0.6) is 0 Å². The number of hydrogen-bond donors (Lipinski definition) is 4. The molecule has 3 amide bonds. The van der Waals surface area contributed by atoms with Crippen molar-refractivity contribution in [2.24, 2.45) is 0 Å². The number of urea groups is 1. The zero-order valence-corrected chi connectivity index (χ0v) is 9.80. The van der Waals surface area contributed by atoms with E-state index >= 15 is 0 Å². The number of imide groups is 1. The van der Waals surface area contributed by atoms with E-state index in [9.17, 15) is 14.4 Å². The van der Waals surface area contributed by atoms with Crippen LogP contribution in [-0.4, -0.2) is 39.8 Å². The first kappa shape index (κ1) is 13.5. The lowest BCUT2D eigenvalue weighted by Crippen LogP contribution is -2.41. The van der Waals surface area contributed by atoms with Gasteiger partial charge in [-0.25, -0.2) is 9.59 Å². The predicted octanol–water partition coefficient (Wildman–Crippen LogP) is -0.820. The normalized spacial score (nSPS) is 11.7. The fourth-order valence-electron chi connectivity index (χ4n) is 1.17. The monoisotopic (exact) mass is 255 g/mol. The van der Waals surface area contributed by atoms with Gasteiger partial charge in [0.05, 0.1) is 5.69 Å². The van der Waals surface area contributed by atoms with Crippen LogP contribution in [0.2, 0.25) is 0 Å². The lowest BCUT2D eigenvalue weighted by molar-refractivity contribution is -0.123. The summed E-state index contributed by atoms with van der Waals surface area (Å²) in [6.07, 6.45) is 1.22. The number of carbonyl (C=O) groups is 3. The Morgan fingerprint density at radius 2 is 2.11 bits per heavy atom. The van der Waals surface area contributed by atoms with Gasteiger partial charge in [0.2, 0.25) is 0 Å². The van der Waals surface area contributed by atoms with E-state index in [-0.39, 0.29) is 11.4 Å². The zero-order chi connectivity index (χ0) is 13.9. The zero-order valence-electron chi connectivity index (χ0n) is 9.80. The summed E-state index contributed by atoms with van der Waals surface area (Å²) < 4.78 is 1.08. The summed E-state index contributed by atoms with van der Waals surface area (Å²) in [5, 5.41) is 16.7. The number of nitrogens with one attached hydrogen (secondary N) is 2. The summed E-state index contributed by atoms with van der Waals surface area (Å²) in [5.41, 5.74) is 5.04.